The SMILES string of the molecule is CCNC(=NCc1cccnc1N1CCN(C)CC1)N1CCN(c2ccccc2O)CC1.I. The average molecular weight is 566 g/mol. The van der Waals surface area contributed by atoms with E-state index in [4.69, 9.17) is 4.99 Å². The molecule has 2 saturated heterocycles. The molecule has 33 heavy (non-hydrogen) atoms. The molecule has 0 unspecified atom stereocenters. The van der Waals surface area contributed by atoms with Crippen molar-refractivity contribution < 1.29 is 5.11 Å². The normalized spacial score (nSPS) is 17.6. The number of nitrogens with zero attached hydrogens (tertiary/aromatic N) is 6. The van der Waals surface area contributed by atoms with Gasteiger partial charge >= 0.3 is 0 Å². The summed E-state index contributed by atoms with van der Waals surface area (Å²) in [5.41, 5.74) is 2.07. The molecule has 2 N–H and O–H groups in total. The van der Waals surface area contributed by atoms with Gasteiger partial charge in [0.1, 0.15) is 11.6 Å². The van der Waals surface area contributed by atoms with Crippen LogP contribution in [-0.2, 0) is 6.54 Å². The summed E-state index contributed by atoms with van der Waals surface area (Å²) in [4.78, 5) is 19.0. The maximum Gasteiger partial charge on any atom is 0.194 e. The summed E-state index contributed by atoms with van der Waals surface area (Å²) in [6, 6.07) is 11.7. The van der Waals surface area contributed by atoms with Crippen molar-refractivity contribution in [1.29, 1.82) is 0 Å². The lowest BCUT2D eigenvalue weighted by Gasteiger charge is -2.38. The van der Waals surface area contributed by atoms with Gasteiger partial charge in [0, 0.05) is 70.7 Å². The zero-order valence-electron chi connectivity index (χ0n) is 19.7. The number of aromatic nitrogens is 1. The maximum atomic E-state index is 10.2. The monoisotopic (exact) mass is 565 g/mol. The van der Waals surface area contributed by atoms with E-state index in [-0.39, 0.29) is 24.0 Å². The smallest absolute Gasteiger partial charge is 0.194 e. The number of nitrogens with one attached hydrogen (secondary N) is 1. The van der Waals surface area contributed by atoms with Crippen LogP contribution in [0.15, 0.2) is 47.6 Å². The van der Waals surface area contributed by atoms with Gasteiger partial charge in [0.2, 0.25) is 0 Å². The van der Waals surface area contributed by atoms with Crippen LogP contribution in [-0.4, -0.2) is 91.8 Å². The van der Waals surface area contributed by atoms with Crippen LogP contribution >= 0.6 is 24.0 Å². The van der Waals surface area contributed by atoms with Crippen molar-refractivity contribution in [3.8, 4) is 5.75 Å². The lowest BCUT2D eigenvalue weighted by Crippen LogP contribution is -2.52. The predicted octanol–water partition coefficient (Wildman–Crippen LogP) is 2.44. The second-order valence-electron chi connectivity index (χ2n) is 8.41. The number of hydrogen-bond donors (Lipinski definition) is 2. The Balaban J connectivity index is 0.00000306. The van der Waals surface area contributed by atoms with E-state index in [0.717, 1.165) is 76.4 Å². The van der Waals surface area contributed by atoms with Crippen molar-refractivity contribution >= 4 is 41.4 Å². The van der Waals surface area contributed by atoms with Crippen LogP contribution in [0.1, 0.15) is 12.5 Å². The first-order valence-corrected chi connectivity index (χ1v) is 11.6. The van der Waals surface area contributed by atoms with E-state index >= 15 is 0 Å². The minimum absolute atomic E-state index is 0. The molecular formula is C24H36IN7O. The molecule has 180 valence electrons. The molecule has 2 aliphatic rings. The third-order valence-corrected chi connectivity index (χ3v) is 6.21. The quantitative estimate of drug-likeness (QED) is 0.328. The van der Waals surface area contributed by atoms with Gasteiger partial charge in [-0.1, -0.05) is 18.2 Å². The highest BCUT2D eigenvalue weighted by Crippen LogP contribution is 2.27. The summed E-state index contributed by atoms with van der Waals surface area (Å²) in [5.74, 6) is 2.34. The number of aromatic hydroxyl groups is 1. The van der Waals surface area contributed by atoms with Crippen LogP contribution in [0.4, 0.5) is 11.5 Å². The summed E-state index contributed by atoms with van der Waals surface area (Å²) < 4.78 is 0. The Labute approximate surface area is 214 Å². The summed E-state index contributed by atoms with van der Waals surface area (Å²) in [5, 5.41) is 13.6. The standard InChI is InChI=1S/C24H35N7O.HI/c1-3-25-24(31-17-15-29(16-18-31)21-8-4-5-9-22(21)32)27-19-20-7-6-10-26-23(20)30-13-11-28(2)12-14-30;/h4-10,32H,3,11-19H2,1-2H3,(H,25,27);1H. The first-order chi connectivity index (χ1) is 15.7. The van der Waals surface area contributed by atoms with Crippen molar-refractivity contribution in [1.82, 2.24) is 20.1 Å². The number of phenolic OH excluding ortho intramolecular Hbond substituents is 1. The summed E-state index contributed by atoms with van der Waals surface area (Å²) in [6.07, 6.45) is 1.88. The van der Waals surface area contributed by atoms with Crippen LogP contribution in [0.3, 0.4) is 0 Å². The van der Waals surface area contributed by atoms with E-state index in [0.29, 0.717) is 12.3 Å². The maximum absolute atomic E-state index is 10.2. The second-order valence-corrected chi connectivity index (χ2v) is 8.41. The van der Waals surface area contributed by atoms with Gasteiger partial charge in [-0.3, -0.25) is 0 Å². The summed E-state index contributed by atoms with van der Waals surface area (Å²) in [6.45, 7) is 11.1. The van der Waals surface area contributed by atoms with Crippen molar-refractivity contribution in [3.05, 3.63) is 48.2 Å². The second kappa shape index (κ2) is 12.3. The summed E-state index contributed by atoms with van der Waals surface area (Å²) >= 11 is 0. The number of guanidine groups is 1. The van der Waals surface area contributed by atoms with E-state index in [1.807, 2.05) is 30.5 Å². The number of pyridine rings is 1. The fourth-order valence-electron chi connectivity index (χ4n) is 4.33. The molecule has 2 aliphatic heterocycles. The lowest BCUT2D eigenvalue weighted by molar-refractivity contribution is 0.312. The molecule has 0 atom stereocenters. The molecule has 0 saturated carbocycles. The van der Waals surface area contributed by atoms with Crippen molar-refractivity contribution in [2.75, 3.05) is 75.8 Å². The molecular weight excluding hydrogens is 529 g/mol. The molecule has 0 spiro atoms. The van der Waals surface area contributed by atoms with E-state index < -0.39 is 0 Å². The van der Waals surface area contributed by atoms with E-state index in [1.165, 1.54) is 5.56 Å². The number of hydrogen-bond acceptors (Lipinski definition) is 6. The van der Waals surface area contributed by atoms with E-state index in [1.54, 1.807) is 6.07 Å². The van der Waals surface area contributed by atoms with Crippen LogP contribution in [0, 0.1) is 0 Å². The Kier molecular flexibility index (Phi) is 9.42. The van der Waals surface area contributed by atoms with Crippen LogP contribution < -0.4 is 15.1 Å². The van der Waals surface area contributed by atoms with Gasteiger partial charge in [0.05, 0.1) is 12.2 Å². The third-order valence-electron chi connectivity index (χ3n) is 6.21. The van der Waals surface area contributed by atoms with Crippen LogP contribution in [0.2, 0.25) is 0 Å². The molecule has 4 rings (SSSR count). The Bertz CT molecular complexity index is 909. The number of halogens is 1. The molecule has 1 aromatic heterocycles. The molecule has 2 aromatic rings. The van der Waals surface area contributed by atoms with Crippen molar-refractivity contribution in [3.63, 3.8) is 0 Å². The highest BCUT2D eigenvalue weighted by Gasteiger charge is 2.22. The largest absolute Gasteiger partial charge is 0.506 e. The topological polar surface area (TPSA) is 70.5 Å². The lowest BCUT2D eigenvalue weighted by atomic mass is 10.2. The number of benzene rings is 1. The number of aliphatic imine (C=N–C) groups is 1. The van der Waals surface area contributed by atoms with Gasteiger partial charge < -0.3 is 30.0 Å². The number of anilines is 2. The Morgan fingerprint density at radius 3 is 2.36 bits per heavy atom. The van der Waals surface area contributed by atoms with Gasteiger partial charge in [0.15, 0.2) is 5.96 Å². The van der Waals surface area contributed by atoms with Crippen LogP contribution in [0.25, 0.3) is 0 Å². The zero-order valence-corrected chi connectivity index (χ0v) is 22.0. The van der Waals surface area contributed by atoms with E-state index in [9.17, 15) is 5.11 Å². The van der Waals surface area contributed by atoms with Gasteiger partial charge in [-0.15, -0.1) is 24.0 Å². The molecule has 0 bridgehead atoms. The van der Waals surface area contributed by atoms with E-state index in [2.05, 4.69) is 49.9 Å². The molecule has 9 heteroatoms. The first-order valence-electron chi connectivity index (χ1n) is 11.6. The average Bonchev–Trinajstić information content (AvgIpc) is 2.83. The fourth-order valence-corrected chi connectivity index (χ4v) is 4.33. The number of phenols is 1. The Hall–Kier alpha value is -2.27. The molecule has 1 aromatic carbocycles. The Morgan fingerprint density at radius 2 is 1.67 bits per heavy atom. The highest BCUT2D eigenvalue weighted by molar-refractivity contribution is 14.0. The molecule has 0 radical (unpaired) electrons. The number of likely N-dealkylation sites (N-methyl/N-ethyl adjacent to an activating group) is 1. The molecule has 0 amide bonds. The van der Waals surface area contributed by atoms with Gasteiger partial charge in [0.25, 0.3) is 0 Å². The fraction of sp³-hybridized carbons (Fsp3) is 0.500. The first kappa shape index (κ1) is 25.4. The zero-order chi connectivity index (χ0) is 22.3. The van der Waals surface area contributed by atoms with Crippen molar-refractivity contribution in [2.45, 2.75) is 13.5 Å². The van der Waals surface area contributed by atoms with Crippen molar-refractivity contribution in [2.24, 2.45) is 4.99 Å². The molecule has 8 nitrogen and oxygen atoms in total. The Morgan fingerprint density at radius 1 is 0.970 bits per heavy atom. The van der Waals surface area contributed by atoms with Crippen LogP contribution in [0.5, 0.6) is 5.75 Å². The van der Waals surface area contributed by atoms with Gasteiger partial charge in [-0.2, -0.15) is 0 Å². The number of piperazine rings is 2. The van der Waals surface area contributed by atoms with Gasteiger partial charge in [-0.05, 0) is 32.2 Å². The predicted molar refractivity (Wildman–Crippen MR) is 146 cm³/mol. The molecule has 3 heterocycles. The highest BCUT2D eigenvalue weighted by atomic mass is 127. The molecule has 0 aliphatic carbocycles. The van der Waals surface area contributed by atoms with Gasteiger partial charge in [-0.25, -0.2) is 9.98 Å². The number of para-hydroxylation sites is 2. The number of rotatable bonds is 5. The minimum Gasteiger partial charge on any atom is -0.506 e. The third kappa shape index (κ3) is 6.41. The minimum atomic E-state index is 0. The summed E-state index contributed by atoms with van der Waals surface area (Å²) in [7, 11) is 2.17. The molecule has 2 fully saturated rings.